The molecule has 0 spiro atoms. The number of carbonyl (C=O) groups is 1. The lowest BCUT2D eigenvalue weighted by molar-refractivity contribution is -0.122. The number of hydrogen-bond donors (Lipinski definition) is 2. The number of hydrogen-bond acceptors (Lipinski definition) is 2. The fourth-order valence-corrected chi connectivity index (χ4v) is 2.07. The van der Waals surface area contributed by atoms with Gasteiger partial charge in [0.2, 0.25) is 5.91 Å². The van der Waals surface area contributed by atoms with Gasteiger partial charge in [-0.05, 0) is 29.7 Å². The molecule has 1 amide bonds. The number of benzene rings is 1. The van der Waals surface area contributed by atoms with Gasteiger partial charge in [-0.2, -0.15) is 0 Å². The lowest BCUT2D eigenvalue weighted by Gasteiger charge is -2.32. The van der Waals surface area contributed by atoms with Crippen LogP contribution in [-0.4, -0.2) is 19.0 Å². The zero-order valence-electron chi connectivity index (χ0n) is 12.8. The molecule has 0 aromatic heterocycles. The van der Waals surface area contributed by atoms with Crippen LogP contribution in [0.15, 0.2) is 24.3 Å². The van der Waals surface area contributed by atoms with Crippen LogP contribution in [0.1, 0.15) is 45.7 Å². The van der Waals surface area contributed by atoms with Crippen molar-refractivity contribution in [2.24, 2.45) is 5.41 Å². The van der Waals surface area contributed by atoms with Crippen LogP contribution in [0, 0.1) is 11.2 Å². The minimum absolute atomic E-state index is 0.00944. The molecular formula is C16H25FN2O. The second kappa shape index (κ2) is 7.39. The average Bonchev–Trinajstić information content (AvgIpc) is 2.36. The maximum Gasteiger partial charge on any atom is 0.221 e. The molecule has 1 aromatic rings. The van der Waals surface area contributed by atoms with E-state index in [0.717, 1.165) is 12.1 Å². The molecule has 3 nitrogen and oxygen atoms in total. The van der Waals surface area contributed by atoms with Crippen LogP contribution in [-0.2, 0) is 4.79 Å². The van der Waals surface area contributed by atoms with Gasteiger partial charge in [0, 0.05) is 13.0 Å². The fraction of sp³-hybridized carbons (Fsp3) is 0.562. The van der Waals surface area contributed by atoms with Gasteiger partial charge in [0.15, 0.2) is 0 Å². The van der Waals surface area contributed by atoms with Crippen molar-refractivity contribution in [3.05, 3.63) is 35.6 Å². The Morgan fingerprint density at radius 3 is 2.35 bits per heavy atom. The first-order valence-corrected chi connectivity index (χ1v) is 7.10. The van der Waals surface area contributed by atoms with Gasteiger partial charge in [-0.25, -0.2) is 4.39 Å². The van der Waals surface area contributed by atoms with Crippen molar-refractivity contribution in [2.75, 3.05) is 13.1 Å². The van der Waals surface area contributed by atoms with E-state index in [2.05, 4.69) is 31.4 Å². The standard InChI is InChI=1S/C16H25FN2O/c1-5-18-11-10-14(20)19-15(16(2,3)4)12-6-8-13(17)9-7-12/h6-9,15,18H,5,10-11H2,1-4H3,(H,19,20). The van der Waals surface area contributed by atoms with Crippen LogP contribution >= 0.6 is 0 Å². The zero-order valence-corrected chi connectivity index (χ0v) is 12.8. The largest absolute Gasteiger partial charge is 0.349 e. The number of halogens is 1. The number of nitrogens with one attached hydrogen (secondary N) is 2. The summed E-state index contributed by atoms with van der Waals surface area (Å²) in [6.45, 7) is 9.72. The minimum Gasteiger partial charge on any atom is -0.349 e. The van der Waals surface area contributed by atoms with Crippen molar-refractivity contribution in [3.8, 4) is 0 Å². The van der Waals surface area contributed by atoms with E-state index in [1.165, 1.54) is 12.1 Å². The molecule has 0 aliphatic rings. The van der Waals surface area contributed by atoms with E-state index in [1.807, 2.05) is 6.92 Å². The van der Waals surface area contributed by atoms with Crippen LogP contribution < -0.4 is 10.6 Å². The Labute approximate surface area is 121 Å². The first-order valence-electron chi connectivity index (χ1n) is 7.10. The summed E-state index contributed by atoms with van der Waals surface area (Å²) < 4.78 is 13.0. The van der Waals surface area contributed by atoms with Crippen LogP contribution in [0.4, 0.5) is 4.39 Å². The van der Waals surface area contributed by atoms with E-state index in [-0.39, 0.29) is 23.2 Å². The highest BCUT2D eigenvalue weighted by molar-refractivity contribution is 5.76. The predicted octanol–water partition coefficient (Wildman–Crippen LogP) is 3.03. The summed E-state index contributed by atoms with van der Waals surface area (Å²) in [6.07, 6.45) is 0.446. The van der Waals surface area contributed by atoms with Gasteiger partial charge >= 0.3 is 0 Å². The smallest absolute Gasteiger partial charge is 0.221 e. The molecule has 4 heteroatoms. The van der Waals surface area contributed by atoms with Crippen LogP contribution in [0.3, 0.4) is 0 Å². The third-order valence-electron chi connectivity index (χ3n) is 3.15. The molecule has 0 saturated heterocycles. The first-order chi connectivity index (χ1) is 9.34. The molecule has 2 N–H and O–H groups in total. The van der Waals surface area contributed by atoms with E-state index in [4.69, 9.17) is 0 Å². The lowest BCUT2D eigenvalue weighted by Crippen LogP contribution is -2.37. The second-order valence-electron chi connectivity index (χ2n) is 6.02. The summed E-state index contributed by atoms with van der Waals surface area (Å²) in [5, 5.41) is 6.18. The van der Waals surface area contributed by atoms with Crippen molar-refractivity contribution in [1.29, 1.82) is 0 Å². The molecule has 1 atom stereocenters. The van der Waals surface area contributed by atoms with E-state index in [1.54, 1.807) is 12.1 Å². The van der Waals surface area contributed by atoms with E-state index in [0.29, 0.717) is 13.0 Å². The highest BCUT2D eigenvalue weighted by Crippen LogP contribution is 2.32. The zero-order chi connectivity index (χ0) is 15.2. The molecule has 0 heterocycles. The molecule has 0 aliphatic carbocycles. The molecule has 1 unspecified atom stereocenters. The van der Waals surface area contributed by atoms with Gasteiger partial charge < -0.3 is 10.6 Å². The Morgan fingerprint density at radius 2 is 1.85 bits per heavy atom. The molecule has 112 valence electrons. The maximum atomic E-state index is 13.0. The molecule has 0 radical (unpaired) electrons. The third-order valence-corrected chi connectivity index (χ3v) is 3.15. The quantitative estimate of drug-likeness (QED) is 0.786. The van der Waals surface area contributed by atoms with Gasteiger partial charge in [0.05, 0.1) is 6.04 Å². The highest BCUT2D eigenvalue weighted by atomic mass is 19.1. The van der Waals surface area contributed by atoms with E-state index >= 15 is 0 Å². The Hall–Kier alpha value is -1.42. The summed E-state index contributed by atoms with van der Waals surface area (Å²) >= 11 is 0. The van der Waals surface area contributed by atoms with Crippen LogP contribution in [0.2, 0.25) is 0 Å². The highest BCUT2D eigenvalue weighted by Gasteiger charge is 2.27. The summed E-state index contributed by atoms with van der Waals surface area (Å²) in [5.74, 6) is -0.255. The van der Waals surface area contributed by atoms with Crippen LogP contribution in [0.25, 0.3) is 0 Å². The molecular weight excluding hydrogens is 255 g/mol. The predicted molar refractivity (Wildman–Crippen MR) is 79.9 cm³/mol. The second-order valence-corrected chi connectivity index (χ2v) is 6.02. The Bertz CT molecular complexity index is 423. The fourth-order valence-electron chi connectivity index (χ4n) is 2.07. The Kier molecular flexibility index (Phi) is 6.14. The van der Waals surface area contributed by atoms with Gasteiger partial charge in [-0.15, -0.1) is 0 Å². The van der Waals surface area contributed by atoms with Crippen molar-refractivity contribution >= 4 is 5.91 Å². The normalized spacial score (nSPS) is 13.1. The molecule has 0 bridgehead atoms. The summed E-state index contributed by atoms with van der Waals surface area (Å²) in [4.78, 5) is 12.0. The topological polar surface area (TPSA) is 41.1 Å². The number of rotatable bonds is 6. The SMILES string of the molecule is CCNCCC(=O)NC(c1ccc(F)cc1)C(C)(C)C. The van der Waals surface area contributed by atoms with Gasteiger partial charge in [0.25, 0.3) is 0 Å². The van der Waals surface area contributed by atoms with Gasteiger partial charge in [0.1, 0.15) is 5.82 Å². The monoisotopic (exact) mass is 280 g/mol. The average molecular weight is 280 g/mol. The lowest BCUT2D eigenvalue weighted by atomic mass is 9.82. The molecule has 0 saturated carbocycles. The van der Waals surface area contributed by atoms with Gasteiger partial charge in [-0.1, -0.05) is 39.8 Å². The summed E-state index contributed by atoms with van der Waals surface area (Å²) in [5.41, 5.74) is 0.793. The number of amides is 1. The summed E-state index contributed by atoms with van der Waals surface area (Å²) in [7, 11) is 0. The maximum absolute atomic E-state index is 13.0. The van der Waals surface area contributed by atoms with Crippen molar-refractivity contribution in [3.63, 3.8) is 0 Å². The van der Waals surface area contributed by atoms with Crippen LogP contribution in [0.5, 0.6) is 0 Å². The molecule has 1 aromatic carbocycles. The molecule has 0 fully saturated rings. The Balaban J connectivity index is 2.76. The van der Waals surface area contributed by atoms with Crippen molar-refractivity contribution < 1.29 is 9.18 Å². The van der Waals surface area contributed by atoms with Gasteiger partial charge in [-0.3, -0.25) is 4.79 Å². The first kappa shape index (κ1) is 16.6. The van der Waals surface area contributed by atoms with Crippen molar-refractivity contribution in [1.82, 2.24) is 10.6 Å². The molecule has 1 rings (SSSR count). The minimum atomic E-state index is -0.264. The third kappa shape index (κ3) is 5.29. The Morgan fingerprint density at radius 1 is 1.25 bits per heavy atom. The van der Waals surface area contributed by atoms with E-state index in [9.17, 15) is 9.18 Å². The van der Waals surface area contributed by atoms with Crippen molar-refractivity contribution in [2.45, 2.75) is 40.2 Å². The number of carbonyl (C=O) groups excluding carboxylic acids is 1. The molecule has 0 aliphatic heterocycles. The molecule has 20 heavy (non-hydrogen) atoms. The summed E-state index contributed by atoms with van der Waals surface area (Å²) in [6, 6.07) is 6.20. The van der Waals surface area contributed by atoms with E-state index < -0.39 is 0 Å².